The Hall–Kier alpha value is -1.19. The highest BCUT2D eigenvalue weighted by Crippen LogP contribution is 2.17. The standard InChI is InChI=1S/C17H26N2O/c1-14-5-4-6-16(11-14)17(20)13-19(3)12-15-7-9-18(2)10-8-15/h4-6,11,15H,7-10,12-13H2,1-3H3. The van der Waals surface area contributed by atoms with Crippen LogP contribution in [0.1, 0.15) is 28.8 Å². The number of Topliss-reactive ketones (excluding diaryl/α,β-unsaturated/α-hetero) is 1. The molecule has 20 heavy (non-hydrogen) atoms. The molecule has 1 saturated heterocycles. The zero-order chi connectivity index (χ0) is 14.5. The van der Waals surface area contributed by atoms with Crippen molar-refractivity contribution in [2.24, 2.45) is 5.92 Å². The molecule has 0 unspecified atom stereocenters. The molecule has 1 aromatic rings. The number of likely N-dealkylation sites (N-methyl/N-ethyl adjacent to an activating group) is 1. The van der Waals surface area contributed by atoms with Crippen molar-refractivity contribution in [3.8, 4) is 0 Å². The molecule has 2 rings (SSSR count). The Kier molecular flexibility index (Phi) is 5.32. The largest absolute Gasteiger partial charge is 0.306 e. The summed E-state index contributed by atoms with van der Waals surface area (Å²) in [7, 11) is 4.24. The Balaban J connectivity index is 1.82. The van der Waals surface area contributed by atoms with Gasteiger partial charge in [0.15, 0.2) is 5.78 Å². The van der Waals surface area contributed by atoms with Gasteiger partial charge in [0.05, 0.1) is 6.54 Å². The Morgan fingerprint density at radius 1 is 1.35 bits per heavy atom. The summed E-state index contributed by atoms with van der Waals surface area (Å²) in [5.41, 5.74) is 1.98. The molecule has 0 saturated carbocycles. The van der Waals surface area contributed by atoms with E-state index in [1.165, 1.54) is 25.9 Å². The molecule has 0 amide bonds. The summed E-state index contributed by atoms with van der Waals surface area (Å²) < 4.78 is 0. The normalized spacial score (nSPS) is 17.6. The third-order valence-electron chi connectivity index (χ3n) is 4.16. The Morgan fingerprint density at radius 3 is 2.70 bits per heavy atom. The predicted molar refractivity (Wildman–Crippen MR) is 83.2 cm³/mol. The van der Waals surface area contributed by atoms with E-state index in [0.29, 0.717) is 6.54 Å². The second kappa shape index (κ2) is 7.00. The van der Waals surface area contributed by atoms with Crippen molar-refractivity contribution in [2.45, 2.75) is 19.8 Å². The van der Waals surface area contributed by atoms with Crippen LogP contribution in [0.25, 0.3) is 0 Å². The van der Waals surface area contributed by atoms with Crippen LogP contribution in [-0.4, -0.2) is 55.9 Å². The van der Waals surface area contributed by atoms with Crippen LogP contribution in [0.2, 0.25) is 0 Å². The first-order valence-corrected chi connectivity index (χ1v) is 7.51. The monoisotopic (exact) mass is 274 g/mol. The van der Waals surface area contributed by atoms with Crippen LogP contribution in [0.5, 0.6) is 0 Å². The number of hydrogen-bond acceptors (Lipinski definition) is 3. The van der Waals surface area contributed by atoms with E-state index in [9.17, 15) is 4.79 Å². The number of benzene rings is 1. The molecule has 0 aromatic heterocycles. The molecule has 1 aliphatic rings. The van der Waals surface area contributed by atoms with Gasteiger partial charge in [0.2, 0.25) is 0 Å². The molecule has 0 atom stereocenters. The zero-order valence-electron chi connectivity index (χ0n) is 12.9. The molecule has 3 heteroatoms. The highest BCUT2D eigenvalue weighted by molar-refractivity contribution is 5.97. The molecular formula is C17H26N2O. The number of carbonyl (C=O) groups excluding carboxylic acids is 1. The van der Waals surface area contributed by atoms with Crippen molar-refractivity contribution in [1.29, 1.82) is 0 Å². The molecule has 0 bridgehead atoms. The van der Waals surface area contributed by atoms with E-state index in [1.807, 2.05) is 31.2 Å². The van der Waals surface area contributed by atoms with Gasteiger partial charge in [0, 0.05) is 12.1 Å². The SMILES string of the molecule is Cc1cccc(C(=O)CN(C)CC2CCN(C)CC2)c1. The summed E-state index contributed by atoms with van der Waals surface area (Å²) in [6.07, 6.45) is 2.50. The minimum atomic E-state index is 0.226. The molecule has 0 radical (unpaired) electrons. The van der Waals surface area contributed by atoms with Gasteiger partial charge in [-0.15, -0.1) is 0 Å². The highest BCUT2D eigenvalue weighted by Gasteiger charge is 2.19. The van der Waals surface area contributed by atoms with E-state index in [1.54, 1.807) is 0 Å². The molecule has 0 aliphatic carbocycles. The fourth-order valence-corrected chi connectivity index (χ4v) is 2.90. The molecule has 1 aromatic carbocycles. The minimum Gasteiger partial charge on any atom is -0.306 e. The smallest absolute Gasteiger partial charge is 0.176 e. The summed E-state index contributed by atoms with van der Waals surface area (Å²) in [5.74, 6) is 0.964. The first-order valence-electron chi connectivity index (χ1n) is 7.51. The topological polar surface area (TPSA) is 23.6 Å². The fourth-order valence-electron chi connectivity index (χ4n) is 2.90. The number of nitrogens with zero attached hydrogens (tertiary/aromatic N) is 2. The Morgan fingerprint density at radius 2 is 2.05 bits per heavy atom. The molecule has 1 fully saturated rings. The molecule has 0 spiro atoms. The van der Waals surface area contributed by atoms with Gasteiger partial charge in [-0.05, 0) is 58.9 Å². The fraction of sp³-hybridized carbons (Fsp3) is 0.588. The van der Waals surface area contributed by atoms with Crippen molar-refractivity contribution in [3.05, 3.63) is 35.4 Å². The quantitative estimate of drug-likeness (QED) is 0.771. The maximum Gasteiger partial charge on any atom is 0.176 e. The third kappa shape index (κ3) is 4.43. The van der Waals surface area contributed by atoms with E-state index in [-0.39, 0.29) is 5.78 Å². The van der Waals surface area contributed by atoms with Gasteiger partial charge in [0.25, 0.3) is 0 Å². The molecule has 1 aliphatic heterocycles. The lowest BCUT2D eigenvalue weighted by Gasteiger charge is -2.31. The number of carbonyl (C=O) groups is 1. The van der Waals surface area contributed by atoms with Crippen LogP contribution >= 0.6 is 0 Å². The number of ketones is 1. The lowest BCUT2D eigenvalue weighted by atomic mass is 9.96. The van der Waals surface area contributed by atoms with Crippen molar-refractivity contribution < 1.29 is 4.79 Å². The van der Waals surface area contributed by atoms with Crippen molar-refractivity contribution >= 4 is 5.78 Å². The van der Waals surface area contributed by atoms with Gasteiger partial charge in [-0.2, -0.15) is 0 Å². The van der Waals surface area contributed by atoms with E-state index >= 15 is 0 Å². The van der Waals surface area contributed by atoms with Gasteiger partial charge in [0.1, 0.15) is 0 Å². The average Bonchev–Trinajstić information content (AvgIpc) is 2.41. The van der Waals surface area contributed by atoms with Gasteiger partial charge in [-0.25, -0.2) is 0 Å². The first kappa shape index (κ1) is 15.2. The summed E-state index contributed by atoms with van der Waals surface area (Å²) in [5, 5.41) is 0. The van der Waals surface area contributed by atoms with Gasteiger partial charge in [-0.3, -0.25) is 9.69 Å². The van der Waals surface area contributed by atoms with Crippen LogP contribution in [0, 0.1) is 12.8 Å². The predicted octanol–water partition coefficient (Wildman–Crippen LogP) is 2.45. The van der Waals surface area contributed by atoms with Gasteiger partial charge in [-0.1, -0.05) is 23.8 Å². The average molecular weight is 274 g/mol. The molecule has 110 valence electrons. The number of hydrogen-bond donors (Lipinski definition) is 0. The summed E-state index contributed by atoms with van der Waals surface area (Å²) in [4.78, 5) is 16.8. The van der Waals surface area contributed by atoms with Crippen LogP contribution in [0.4, 0.5) is 0 Å². The second-order valence-electron chi connectivity index (χ2n) is 6.24. The summed E-state index contributed by atoms with van der Waals surface area (Å²) in [6.45, 7) is 5.95. The summed E-state index contributed by atoms with van der Waals surface area (Å²) in [6, 6.07) is 7.88. The Labute approximate surface area is 122 Å². The lowest BCUT2D eigenvalue weighted by molar-refractivity contribution is 0.0924. The molecule has 0 N–H and O–H groups in total. The lowest BCUT2D eigenvalue weighted by Crippen LogP contribution is -2.37. The van der Waals surface area contributed by atoms with Crippen molar-refractivity contribution in [3.63, 3.8) is 0 Å². The molecule has 1 heterocycles. The van der Waals surface area contributed by atoms with Crippen molar-refractivity contribution in [2.75, 3.05) is 40.3 Å². The first-order chi connectivity index (χ1) is 9.54. The van der Waals surface area contributed by atoms with Crippen LogP contribution in [0.3, 0.4) is 0 Å². The Bertz CT molecular complexity index is 450. The third-order valence-corrected chi connectivity index (χ3v) is 4.16. The molecular weight excluding hydrogens is 248 g/mol. The van der Waals surface area contributed by atoms with Crippen molar-refractivity contribution in [1.82, 2.24) is 9.80 Å². The number of piperidine rings is 1. The summed E-state index contributed by atoms with van der Waals surface area (Å²) >= 11 is 0. The van der Waals surface area contributed by atoms with E-state index in [0.717, 1.165) is 23.6 Å². The second-order valence-corrected chi connectivity index (χ2v) is 6.24. The van der Waals surface area contributed by atoms with Crippen LogP contribution < -0.4 is 0 Å². The van der Waals surface area contributed by atoms with E-state index in [4.69, 9.17) is 0 Å². The molecule has 3 nitrogen and oxygen atoms in total. The zero-order valence-corrected chi connectivity index (χ0v) is 12.9. The number of likely N-dealkylation sites (tertiary alicyclic amines) is 1. The minimum absolute atomic E-state index is 0.226. The van der Waals surface area contributed by atoms with E-state index in [2.05, 4.69) is 23.9 Å². The number of rotatable bonds is 5. The highest BCUT2D eigenvalue weighted by atomic mass is 16.1. The van der Waals surface area contributed by atoms with Gasteiger partial charge >= 0.3 is 0 Å². The van der Waals surface area contributed by atoms with E-state index < -0.39 is 0 Å². The maximum atomic E-state index is 12.3. The van der Waals surface area contributed by atoms with Crippen LogP contribution in [0.15, 0.2) is 24.3 Å². The van der Waals surface area contributed by atoms with Crippen LogP contribution in [-0.2, 0) is 0 Å². The maximum absolute atomic E-state index is 12.3. The van der Waals surface area contributed by atoms with Gasteiger partial charge < -0.3 is 4.90 Å². The number of aryl methyl sites for hydroxylation is 1.